The molecule has 2 nitrogen and oxygen atoms in total. The summed E-state index contributed by atoms with van der Waals surface area (Å²) in [5.74, 6) is 0.353. The Morgan fingerprint density at radius 3 is 2.25 bits per heavy atom. The minimum absolute atomic E-state index is 0.161. The molecule has 2 atom stereocenters. The molecule has 2 aromatic carbocycles. The van der Waals surface area contributed by atoms with Gasteiger partial charge in [-0.05, 0) is 23.1 Å². The van der Waals surface area contributed by atoms with Crippen LogP contribution in [0, 0.1) is 5.92 Å². The first kappa shape index (κ1) is 13.6. The lowest BCUT2D eigenvalue weighted by Gasteiger charge is -2.11. The summed E-state index contributed by atoms with van der Waals surface area (Å²) in [6, 6.07) is 19.0. The third kappa shape index (κ3) is 2.73. The van der Waals surface area contributed by atoms with Gasteiger partial charge < -0.3 is 5.32 Å². The molecule has 0 spiro atoms. The average Bonchev–Trinajstić information content (AvgIpc) is 2.89. The molecule has 1 fully saturated rings. The van der Waals surface area contributed by atoms with E-state index in [0.29, 0.717) is 0 Å². The van der Waals surface area contributed by atoms with Crippen LogP contribution >= 0.6 is 22.6 Å². The monoisotopic (exact) mass is 377 g/mol. The summed E-state index contributed by atoms with van der Waals surface area (Å²) in [7, 11) is 0. The van der Waals surface area contributed by atoms with Crippen LogP contribution in [-0.4, -0.2) is 10.3 Å². The highest BCUT2D eigenvalue weighted by molar-refractivity contribution is 14.1. The van der Waals surface area contributed by atoms with Crippen LogP contribution in [0.5, 0.6) is 0 Å². The number of benzene rings is 2. The van der Waals surface area contributed by atoms with Crippen molar-refractivity contribution in [3.8, 4) is 11.1 Å². The van der Waals surface area contributed by atoms with Crippen molar-refractivity contribution in [1.29, 1.82) is 0 Å². The largest absolute Gasteiger partial charge is 0.349 e. The second-order valence-corrected chi connectivity index (χ2v) is 6.02. The fourth-order valence-electron chi connectivity index (χ4n) is 2.63. The smallest absolute Gasteiger partial charge is 0.224 e. The molecule has 0 radical (unpaired) electrons. The highest BCUT2D eigenvalue weighted by atomic mass is 127. The van der Waals surface area contributed by atoms with Crippen molar-refractivity contribution in [1.82, 2.24) is 5.32 Å². The summed E-state index contributed by atoms with van der Waals surface area (Å²) >= 11 is 2.29. The molecule has 0 aromatic heterocycles. The van der Waals surface area contributed by atoms with E-state index in [4.69, 9.17) is 0 Å². The van der Waals surface area contributed by atoms with Crippen molar-refractivity contribution >= 4 is 28.5 Å². The Hall–Kier alpha value is -1.36. The van der Waals surface area contributed by atoms with E-state index in [9.17, 15) is 4.79 Å². The van der Waals surface area contributed by atoms with Crippen molar-refractivity contribution < 1.29 is 4.79 Å². The maximum absolute atomic E-state index is 11.8. The summed E-state index contributed by atoms with van der Waals surface area (Å²) in [5, 5.41) is 3.09. The maximum Gasteiger partial charge on any atom is 0.224 e. The van der Waals surface area contributed by atoms with Crippen LogP contribution in [0.15, 0.2) is 54.6 Å². The molecule has 0 aliphatic carbocycles. The van der Waals surface area contributed by atoms with Gasteiger partial charge in [0.05, 0.1) is 6.04 Å². The van der Waals surface area contributed by atoms with Crippen molar-refractivity contribution in [2.24, 2.45) is 5.92 Å². The fraction of sp³-hybridized carbons (Fsp3) is 0.235. The second kappa shape index (κ2) is 5.95. The van der Waals surface area contributed by atoms with Gasteiger partial charge in [-0.15, -0.1) is 0 Å². The minimum atomic E-state index is 0.161. The molecule has 0 bridgehead atoms. The van der Waals surface area contributed by atoms with Gasteiger partial charge in [0.15, 0.2) is 0 Å². The number of carbonyl (C=O) groups is 1. The van der Waals surface area contributed by atoms with Crippen LogP contribution in [-0.2, 0) is 4.79 Å². The lowest BCUT2D eigenvalue weighted by molar-refractivity contribution is -0.121. The highest BCUT2D eigenvalue weighted by Gasteiger charge is 2.31. The average molecular weight is 377 g/mol. The van der Waals surface area contributed by atoms with Gasteiger partial charge in [0.1, 0.15) is 0 Å². The zero-order chi connectivity index (χ0) is 13.9. The van der Waals surface area contributed by atoms with Crippen molar-refractivity contribution in [2.45, 2.75) is 12.5 Å². The molecule has 3 rings (SSSR count). The van der Waals surface area contributed by atoms with E-state index in [1.165, 1.54) is 16.7 Å². The number of carbonyl (C=O) groups excluding carboxylic acids is 1. The summed E-state index contributed by atoms with van der Waals surface area (Å²) in [6.45, 7) is 0. The first-order chi connectivity index (χ1) is 9.78. The number of alkyl halides is 1. The van der Waals surface area contributed by atoms with Crippen LogP contribution in [0.25, 0.3) is 11.1 Å². The molecule has 0 saturated carbocycles. The van der Waals surface area contributed by atoms with Gasteiger partial charge >= 0.3 is 0 Å². The molecule has 1 heterocycles. The van der Waals surface area contributed by atoms with Gasteiger partial charge in [0, 0.05) is 10.3 Å². The van der Waals surface area contributed by atoms with E-state index in [-0.39, 0.29) is 17.9 Å². The minimum Gasteiger partial charge on any atom is -0.349 e. The summed E-state index contributed by atoms with van der Waals surface area (Å²) < 4.78 is 0.891. The van der Waals surface area contributed by atoms with E-state index in [1.54, 1.807) is 0 Å². The van der Waals surface area contributed by atoms with E-state index >= 15 is 0 Å². The standard InChI is InChI=1S/C17H16INO/c18-11-15-10-16(19-17(15)20)14-8-6-13(7-9-14)12-4-2-1-3-5-12/h1-9,15-16H,10-11H2,(H,19,20). The van der Waals surface area contributed by atoms with Gasteiger partial charge in [-0.2, -0.15) is 0 Å². The molecule has 2 aromatic rings. The van der Waals surface area contributed by atoms with Crippen molar-refractivity contribution in [2.75, 3.05) is 4.43 Å². The Morgan fingerprint density at radius 2 is 1.65 bits per heavy atom. The number of nitrogens with one attached hydrogen (secondary N) is 1. The third-order valence-electron chi connectivity index (χ3n) is 3.81. The molecular weight excluding hydrogens is 361 g/mol. The molecule has 1 aliphatic heterocycles. The van der Waals surface area contributed by atoms with Gasteiger partial charge in [0.25, 0.3) is 0 Å². The highest BCUT2D eigenvalue weighted by Crippen LogP contribution is 2.30. The SMILES string of the molecule is O=C1NC(c2ccc(-c3ccccc3)cc2)CC1CI. The summed E-state index contributed by atoms with van der Waals surface area (Å²) in [4.78, 5) is 11.8. The second-order valence-electron chi connectivity index (χ2n) is 5.14. The molecule has 1 amide bonds. The Balaban J connectivity index is 1.79. The van der Waals surface area contributed by atoms with Gasteiger partial charge in [-0.25, -0.2) is 0 Å². The molecule has 2 unspecified atom stereocenters. The first-order valence-corrected chi connectivity index (χ1v) is 8.32. The van der Waals surface area contributed by atoms with Gasteiger partial charge in [-0.3, -0.25) is 4.79 Å². The Kier molecular flexibility index (Phi) is 4.05. The van der Waals surface area contributed by atoms with Crippen molar-refractivity contribution in [3.63, 3.8) is 0 Å². The van der Waals surface area contributed by atoms with Gasteiger partial charge in [-0.1, -0.05) is 77.2 Å². The third-order valence-corrected chi connectivity index (χ3v) is 4.88. The van der Waals surface area contributed by atoms with Crippen LogP contribution in [0.1, 0.15) is 18.0 Å². The van der Waals surface area contributed by atoms with E-state index in [1.807, 2.05) is 18.2 Å². The topological polar surface area (TPSA) is 29.1 Å². The van der Waals surface area contributed by atoms with Crippen LogP contribution < -0.4 is 5.32 Å². The number of rotatable bonds is 3. The van der Waals surface area contributed by atoms with Crippen LogP contribution in [0.3, 0.4) is 0 Å². The Bertz CT molecular complexity index is 594. The molecule has 102 valence electrons. The van der Waals surface area contributed by atoms with Crippen LogP contribution in [0.2, 0.25) is 0 Å². The van der Waals surface area contributed by atoms with Gasteiger partial charge in [0.2, 0.25) is 5.91 Å². The Labute approximate surface area is 132 Å². The zero-order valence-corrected chi connectivity index (χ0v) is 13.2. The zero-order valence-electron chi connectivity index (χ0n) is 11.1. The van der Waals surface area contributed by atoms with Crippen molar-refractivity contribution in [3.05, 3.63) is 60.2 Å². The lowest BCUT2D eigenvalue weighted by Crippen LogP contribution is -2.21. The number of hydrogen-bond acceptors (Lipinski definition) is 1. The number of halogens is 1. The maximum atomic E-state index is 11.8. The Morgan fingerprint density at radius 1 is 1.00 bits per heavy atom. The molecule has 1 N–H and O–H groups in total. The number of amides is 1. The normalized spacial score (nSPS) is 21.8. The quantitative estimate of drug-likeness (QED) is 0.637. The van der Waals surface area contributed by atoms with E-state index in [0.717, 1.165) is 10.8 Å². The summed E-state index contributed by atoms with van der Waals surface area (Å²) in [5.41, 5.74) is 3.63. The molecule has 1 saturated heterocycles. The summed E-state index contributed by atoms with van der Waals surface area (Å²) in [6.07, 6.45) is 0.909. The molecule has 20 heavy (non-hydrogen) atoms. The lowest BCUT2D eigenvalue weighted by atomic mass is 9.98. The molecule has 1 aliphatic rings. The van der Waals surface area contributed by atoms with E-state index in [2.05, 4.69) is 64.3 Å². The first-order valence-electron chi connectivity index (χ1n) is 6.79. The predicted octanol–water partition coefficient (Wildman–Crippen LogP) is 3.97. The molecular formula is C17H16INO. The fourth-order valence-corrected chi connectivity index (χ4v) is 3.39. The van der Waals surface area contributed by atoms with Crippen LogP contribution in [0.4, 0.5) is 0 Å². The molecule has 3 heteroatoms. The number of hydrogen-bond donors (Lipinski definition) is 1. The predicted molar refractivity (Wildman–Crippen MR) is 89.8 cm³/mol. The van der Waals surface area contributed by atoms with E-state index < -0.39 is 0 Å².